The first-order valence-electron chi connectivity index (χ1n) is 11.3. The number of aromatic nitrogens is 2. The number of hydrogen-bond donors (Lipinski definition) is 1. The van der Waals surface area contributed by atoms with E-state index in [-0.39, 0.29) is 17.9 Å². The van der Waals surface area contributed by atoms with Crippen molar-refractivity contribution in [3.63, 3.8) is 0 Å². The summed E-state index contributed by atoms with van der Waals surface area (Å²) in [5.41, 5.74) is 2.29. The number of carbonyl (C=O) groups is 1. The standard InChI is InChI=1S/C26H30N4O2S/c1-18-6-12-23(13-7-18)33-26-24(27-14-15-28-26)30-16-4-5-21(17-30)25(31)29-19(2)20-8-10-22(32-3)11-9-20/h6-15,19,21H,4-5,16-17H2,1-3H3,(H,29,31)/t19-,21+/m0/s1. The van der Waals surface area contributed by atoms with Gasteiger partial charge in [-0.2, -0.15) is 0 Å². The summed E-state index contributed by atoms with van der Waals surface area (Å²) in [6.07, 6.45) is 5.27. The van der Waals surface area contributed by atoms with E-state index in [2.05, 4.69) is 51.4 Å². The van der Waals surface area contributed by atoms with Gasteiger partial charge in [0, 0.05) is 30.4 Å². The van der Waals surface area contributed by atoms with Gasteiger partial charge in [0.2, 0.25) is 5.91 Å². The third-order valence-corrected chi connectivity index (χ3v) is 6.94. The van der Waals surface area contributed by atoms with Crippen LogP contribution in [0, 0.1) is 12.8 Å². The first-order chi connectivity index (χ1) is 16.0. The molecule has 0 bridgehead atoms. The molecule has 6 nitrogen and oxygen atoms in total. The molecule has 2 heterocycles. The number of nitrogens with zero attached hydrogens (tertiary/aromatic N) is 3. The summed E-state index contributed by atoms with van der Waals surface area (Å²) in [5, 5.41) is 4.06. The molecule has 0 aliphatic carbocycles. The lowest BCUT2D eigenvalue weighted by Crippen LogP contribution is -2.44. The van der Waals surface area contributed by atoms with Crippen LogP contribution in [0.25, 0.3) is 0 Å². The van der Waals surface area contributed by atoms with Crippen LogP contribution in [0.2, 0.25) is 0 Å². The van der Waals surface area contributed by atoms with E-state index in [1.807, 2.05) is 31.2 Å². The van der Waals surface area contributed by atoms with Gasteiger partial charge in [0.05, 0.1) is 19.1 Å². The average Bonchev–Trinajstić information content (AvgIpc) is 2.86. The number of amides is 1. The average molecular weight is 463 g/mol. The monoisotopic (exact) mass is 462 g/mol. The Hall–Kier alpha value is -3.06. The quantitative estimate of drug-likeness (QED) is 0.531. The van der Waals surface area contributed by atoms with Gasteiger partial charge in [0.15, 0.2) is 5.82 Å². The van der Waals surface area contributed by atoms with E-state index in [0.717, 1.165) is 46.4 Å². The third-order valence-electron chi connectivity index (χ3n) is 5.95. The Morgan fingerprint density at radius 2 is 1.85 bits per heavy atom. The number of nitrogens with one attached hydrogen (secondary N) is 1. The number of benzene rings is 2. The highest BCUT2D eigenvalue weighted by Gasteiger charge is 2.29. The summed E-state index contributed by atoms with van der Waals surface area (Å²) in [7, 11) is 1.65. The van der Waals surface area contributed by atoms with Crippen LogP contribution in [0.15, 0.2) is 70.8 Å². The van der Waals surface area contributed by atoms with Crippen LogP contribution in [0.5, 0.6) is 5.75 Å². The minimum absolute atomic E-state index is 0.0667. The van der Waals surface area contributed by atoms with Crippen LogP contribution in [0.1, 0.15) is 36.9 Å². The van der Waals surface area contributed by atoms with Crippen LogP contribution in [0.3, 0.4) is 0 Å². The van der Waals surface area contributed by atoms with Crippen molar-refractivity contribution >= 4 is 23.5 Å². The largest absolute Gasteiger partial charge is 0.497 e. The molecule has 1 aliphatic heterocycles. The van der Waals surface area contributed by atoms with Gasteiger partial charge in [-0.25, -0.2) is 9.97 Å². The fraction of sp³-hybridized carbons (Fsp3) is 0.346. The Kier molecular flexibility index (Phi) is 7.50. The van der Waals surface area contributed by atoms with E-state index in [4.69, 9.17) is 4.74 Å². The molecular weight excluding hydrogens is 432 g/mol. The molecule has 172 valence electrons. The molecular formula is C26H30N4O2S. The highest BCUT2D eigenvalue weighted by atomic mass is 32.2. The van der Waals surface area contributed by atoms with E-state index in [0.29, 0.717) is 6.54 Å². The number of rotatable bonds is 7. The molecule has 0 radical (unpaired) electrons. The molecule has 33 heavy (non-hydrogen) atoms. The molecule has 0 saturated carbocycles. The third kappa shape index (κ3) is 5.85. The molecule has 2 aromatic carbocycles. The van der Waals surface area contributed by atoms with Crippen molar-refractivity contribution in [3.05, 3.63) is 72.1 Å². The van der Waals surface area contributed by atoms with Gasteiger partial charge in [-0.15, -0.1) is 0 Å². The van der Waals surface area contributed by atoms with E-state index in [1.165, 1.54) is 5.56 Å². The Bertz CT molecular complexity index is 1070. The van der Waals surface area contributed by atoms with Gasteiger partial charge in [-0.05, 0) is 56.5 Å². The van der Waals surface area contributed by atoms with Crippen molar-refractivity contribution in [2.45, 2.75) is 42.7 Å². The van der Waals surface area contributed by atoms with Gasteiger partial charge in [0.1, 0.15) is 10.8 Å². The maximum absolute atomic E-state index is 13.1. The summed E-state index contributed by atoms with van der Waals surface area (Å²) >= 11 is 1.61. The zero-order chi connectivity index (χ0) is 23.2. The summed E-state index contributed by atoms with van der Waals surface area (Å²) in [6, 6.07) is 16.2. The molecule has 1 N–H and O–H groups in total. The molecule has 7 heteroatoms. The summed E-state index contributed by atoms with van der Waals surface area (Å²) < 4.78 is 5.23. The predicted molar refractivity (Wildman–Crippen MR) is 132 cm³/mol. The molecule has 0 unspecified atom stereocenters. The van der Waals surface area contributed by atoms with Crippen LogP contribution >= 0.6 is 11.8 Å². The minimum atomic E-state index is -0.0846. The Labute approximate surface area is 199 Å². The number of anilines is 1. The minimum Gasteiger partial charge on any atom is -0.497 e. The Morgan fingerprint density at radius 3 is 2.58 bits per heavy atom. The van der Waals surface area contributed by atoms with Crippen molar-refractivity contribution in [1.82, 2.24) is 15.3 Å². The van der Waals surface area contributed by atoms with Crippen LogP contribution in [-0.2, 0) is 4.79 Å². The van der Waals surface area contributed by atoms with Crippen molar-refractivity contribution in [3.8, 4) is 5.75 Å². The topological polar surface area (TPSA) is 67.3 Å². The number of methoxy groups -OCH3 is 1. The number of aryl methyl sites for hydroxylation is 1. The van der Waals surface area contributed by atoms with E-state index < -0.39 is 0 Å². The molecule has 2 atom stereocenters. The maximum Gasteiger partial charge on any atom is 0.225 e. The van der Waals surface area contributed by atoms with Crippen LogP contribution in [-0.4, -0.2) is 36.1 Å². The zero-order valence-electron chi connectivity index (χ0n) is 19.3. The summed E-state index contributed by atoms with van der Waals surface area (Å²) in [5.74, 6) is 1.66. The Morgan fingerprint density at radius 1 is 1.12 bits per heavy atom. The number of hydrogen-bond acceptors (Lipinski definition) is 6. The van der Waals surface area contributed by atoms with Gasteiger partial charge in [0.25, 0.3) is 0 Å². The van der Waals surface area contributed by atoms with Crippen LogP contribution < -0.4 is 15.0 Å². The molecule has 1 fully saturated rings. The number of carbonyl (C=O) groups excluding carboxylic acids is 1. The summed E-state index contributed by atoms with van der Waals surface area (Å²) in [6.45, 7) is 5.61. The second-order valence-corrected chi connectivity index (χ2v) is 9.45. The lowest BCUT2D eigenvalue weighted by atomic mass is 9.96. The molecule has 0 spiro atoms. The zero-order valence-corrected chi connectivity index (χ0v) is 20.1. The smallest absolute Gasteiger partial charge is 0.225 e. The normalized spacial score (nSPS) is 16.8. The molecule has 1 amide bonds. The predicted octanol–water partition coefficient (Wildman–Crippen LogP) is 5.04. The number of piperidine rings is 1. The second kappa shape index (κ2) is 10.7. The van der Waals surface area contributed by atoms with Crippen LogP contribution in [0.4, 0.5) is 5.82 Å². The van der Waals surface area contributed by atoms with E-state index in [9.17, 15) is 4.79 Å². The lowest BCUT2D eigenvalue weighted by molar-refractivity contribution is -0.125. The van der Waals surface area contributed by atoms with Gasteiger partial charge >= 0.3 is 0 Å². The summed E-state index contributed by atoms with van der Waals surface area (Å²) in [4.78, 5) is 25.6. The van der Waals surface area contributed by atoms with E-state index in [1.54, 1.807) is 31.3 Å². The van der Waals surface area contributed by atoms with Gasteiger partial charge < -0.3 is 15.0 Å². The van der Waals surface area contributed by atoms with Crippen molar-refractivity contribution in [2.24, 2.45) is 5.92 Å². The first kappa shape index (κ1) is 23.1. The first-order valence-corrected chi connectivity index (χ1v) is 12.1. The highest BCUT2D eigenvalue weighted by Crippen LogP contribution is 2.34. The molecule has 4 rings (SSSR count). The van der Waals surface area contributed by atoms with Crippen molar-refractivity contribution in [2.75, 3.05) is 25.1 Å². The molecule has 1 aliphatic rings. The van der Waals surface area contributed by atoms with Crippen molar-refractivity contribution < 1.29 is 9.53 Å². The van der Waals surface area contributed by atoms with Crippen molar-refractivity contribution in [1.29, 1.82) is 0 Å². The SMILES string of the molecule is COc1ccc([C@H](C)NC(=O)[C@@H]2CCCN(c3nccnc3Sc3ccc(C)cc3)C2)cc1. The molecule has 1 saturated heterocycles. The Balaban J connectivity index is 1.42. The fourth-order valence-electron chi connectivity index (χ4n) is 4.02. The van der Waals surface area contributed by atoms with Gasteiger partial charge in [-0.1, -0.05) is 41.6 Å². The van der Waals surface area contributed by atoms with Gasteiger partial charge in [-0.3, -0.25) is 4.79 Å². The second-order valence-electron chi connectivity index (χ2n) is 8.39. The fourth-order valence-corrected chi connectivity index (χ4v) is 4.90. The lowest BCUT2D eigenvalue weighted by Gasteiger charge is -2.34. The maximum atomic E-state index is 13.1. The number of ether oxygens (including phenoxy) is 1. The molecule has 1 aromatic heterocycles. The highest BCUT2D eigenvalue weighted by molar-refractivity contribution is 7.99. The molecule has 3 aromatic rings. The van der Waals surface area contributed by atoms with E-state index >= 15 is 0 Å².